The van der Waals surface area contributed by atoms with Gasteiger partial charge in [-0.3, -0.25) is 0 Å². The third kappa shape index (κ3) is 4.66. The highest BCUT2D eigenvalue weighted by Gasteiger charge is 2.14. The van der Waals surface area contributed by atoms with Gasteiger partial charge in [-0.2, -0.15) is 0 Å². The zero-order valence-electron chi connectivity index (χ0n) is 10.1. The summed E-state index contributed by atoms with van der Waals surface area (Å²) in [6, 6.07) is 7.95. The van der Waals surface area contributed by atoms with E-state index in [4.69, 9.17) is 16.3 Å². The first kappa shape index (κ1) is 12.9. The molecular weight excluding hydrogens is 234 g/mol. The number of hydrogen-bond acceptors (Lipinski definition) is 2. The van der Waals surface area contributed by atoms with E-state index < -0.39 is 0 Å². The van der Waals surface area contributed by atoms with Crippen molar-refractivity contribution in [3.05, 3.63) is 34.9 Å². The number of benzene rings is 1. The van der Waals surface area contributed by atoms with E-state index in [1.165, 1.54) is 31.2 Å². The van der Waals surface area contributed by atoms with Crippen LogP contribution in [0.15, 0.2) is 24.3 Å². The Morgan fingerprint density at radius 3 is 2.88 bits per heavy atom. The minimum Gasteiger partial charge on any atom is -0.377 e. The number of hydrogen-bond donors (Lipinski definition) is 1. The molecule has 0 bridgehead atoms. The topological polar surface area (TPSA) is 21.3 Å². The first-order valence-corrected chi connectivity index (χ1v) is 6.79. The maximum Gasteiger partial charge on any atom is 0.0594 e. The molecule has 17 heavy (non-hydrogen) atoms. The van der Waals surface area contributed by atoms with Crippen LogP contribution < -0.4 is 5.32 Å². The molecule has 0 aromatic heterocycles. The minimum absolute atomic E-state index is 0.517. The average molecular weight is 254 g/mol. The molecule has 0 aliphatic heterocycles. The lowest BCUT2D eigenvalue weighted by atomic mass is 10.2. The van der Waals surface area contributed by atoms with Gasteiger partial charge in [0, 0.05) is 18.1 Å². The molecule has 0 radical (unpaired) electrons. The monoisotopic (exact) mass is 253 g/mol. The summed E-state index contributed by atoms with van der Waals surface area (Å²) in [4.78, 5) is 0. The summed E-state index contributed by atoms with van der Waals surface area (Å²) in [5, 5.41) is 4.17. The van der Waals surface area contributed by atoms with Crippen LogP contribution in [0.3, 0.4) is 0 Å². The van der Waals surface area contributed by atoms with E-state index in [1.54, 1.807) is 0 Å². The van der Waals surface area contributed by atoms with Gasteiger partial charge in [0.15, 0.2) is 0 Å². The molecule has 0 atom stereocenters. The van der Waals surface area contributed by atoms with Gasteiger partial charge in [-0.05, 0) is 30.5 Å². The molecule has 0 heterocycles. The number of rotatable bonds is 6. The highest BCUT2D eigenvalue weighted by molar-refractivity contribution is 6.30. The van der Waals surface area contributed by atoms with Crippen molar-refractivity contribution < 1.29 is 4.74 Å². The maximum atomic E-state index is 5.92. The highest BCUT2D eigenvalue weighted by Crippen LogP contribution is 2.20. The molecule has 2 nitrogen and oxygen atoms in total. The molecule has 0 unspecified atom stereocenters. The predicted molar refractivity (Wildman–Crippen MR) is 71.4 cm³/mol. The summed E-state index contributed by atoms with van der Waals surface area (Å²) in [6.07, 6.45) is 5.67. The Morgan fingerprint density at radius 1 is 1.29 bits per heavy atom. The van der Waals surface area contributed by atoms with Crippen molar-refractivity contribution in [3.63, 3.8) is 0 Å². The lowest BCUT2D eigenvalue weighted by molar-refractivity contribution is 0.0603. The Hall–Kier alpha value is -0.570. The van der Waals surface area contributed by atoms with Crippen molar-refractivity contribution >= 4 is 11.6 Å². The zero-order valence-corrected chi connectivity index (χ0v) is 10.9. The molecule has 3 heteroatoms. The van der Waals surface area contributed by atoms with Crippen molar-refractivity contribution in [2.75, 3.05) is 13.2 Å². The normalized spacial score (nSPS) is 16.5. The van der Waals surface area contributed by atoms with Gasteiger partial charge in [0.2, 0.25) is 0 Å². The second kappa shape index (κ2) is 7.00. The van der Waals surface area contributed by atoms with E-state index in [9.17, 15) is 0 Å². The number of halogens is 1. The van der Waals surface area contributed by atoms with Crippen LogP contribution in [0, 0.1) is 0 Å². The van der Waals surface area contributed by atoms with Crippen molar-refractivity contribution in [2.45, 2.75) is 38.3 Å². The summed E-state index contributed by atoms with van der Waals surface area (Å²) in [7, 11) is 0. The zero-order chi connectivity index (χ0) is 11.9. The van der Waals surface area contributed by atoms with Crippen LogP contribution in [0.2, 0.25) is 5.02 Å². The Kier molecular flexibility index (Phi) is 5.30. The first-order chi connectivity index (χ1) is 8.34. The first-order valence-electron chi connectivity index (χ1n) is 6.41. The maximum absolute atomic E-state index is 5.92. The summed E-state index contributed by atoms with van der Waals surface area (Å²) >= 11 is 5.92. The predicted octanol–water partition coefficient (Wildman–Crippen LogP) is 3.39. The van der Waals surface area contributed by atoms with Gasteiger partial charge >= 0.3 is 0 Å². The molecule has 1 N–H and O–H groups in total. The van der Waals surface area contributed by atoms with E-state index in [-0.39, 0.29) is 0 Å². The standard InChI is InChI=1S/C14H20ClNO/c15-13-5-3-4-12(10-13)11-16-8-9-17-14-6-1-2-7-14/h3-5,10,14,16H,1-2,6-9,11H2. The van der Waals surface area contributed by atoms with Crippen LogP contribution in [0.5, 0.6) is 0 Å². The molecule has 1 aromatic carbocycles. The fourth-order valence-electron chi connectivity index (χ4n) is 2.23. The minimum atomic E-state index is 0.517. The molecule has 1 aliphatic carbocycles. The molecule has 94 valence electrons. The van der Waals surface area contributed by atoms with Crippen LogP contribution in [0.25, 0.3) is 0 Å². The molecule has 0 saturated heterocycles. The van der Waals surface area contributed by atoms with E-state index in [2.05, 4.69) is 11.4 Å². The summed E-state index contributed by atoms with van der Waals surface area (Å²) in [5.41, 5.74) is 1.22. The molecule has 1 aliphatic rings. The van der Waals surface area contributed by atoms with Crippen LogP contribution in [0.1, 0.15) is 31.2 Å². The SMILES string of the molecule is Clc1cccc(CNCCOC2CCCC2)c1. The fourth-order valence-corrected chi connectivity index (χ4v) is 2.45. The summed E-state index contributed by atoms with van der Waals surface area (Å²) in [6.45, 7) is 2.57. The molecule has 2 rings (SSSR count). The van der Waals surface area contributed by atoms with E-state index in [0.717, 1.165) is 24.7 Å². The van der Waals surface area contributed by atoms with Gasteiger partial charge < -0.3 is 10.1 Å². The highest BCUT2D eigenvalue weighted by atomic mass is 35.5. The largest absolute Gasteiger partial charge is 0.377 e. The van der Waals surface area contributed by atoms with Gasteiger partial charge in [-0.1, -0.05) is 36.6 Å². The molecule has 1 saturated carbocycles. The van der Waals surface area contributed by atoms with Gasteiger partial charge in [0.1, 0.15) is 0 Å². The quantitative estimate of drug-likeness (QED) is 0.785. The smallest absolute Gasteiger partial charge is 0.0594 e. The molecule has 0 amide bonds. The van der Waals surface area contributed by atoms with Crippen molar-refractivity contribution in [3.8, 4) is 0 Å². The van der Waals surface area contributed by atoms with E-state index in [0.29, 0.717) is 6.10 Å². The average Bonchev–Trinajstić information content (AvgIpc) is 2.82. The Balaban J connectivity index is 1.56. The lowest BCUT2D eigenvalue weighted by Gasteiger charge is -2.11. The van der Waals surface area contributed by atoms with Crippen molar-refractivity contribution in [1.82, 2.24) is 5.32 Å². The summed E-state index contributed by atoms with van der Waals surface area (Å²) < 4.78 is 5.78. The Bertz CT molecular complexity index is 337. The Labute approximate surface area is 108 Å². The van der Waals surface area contributed by atoms with Crippen LogP contribution in [-0.4, -0.2) is 19.3 Å². The molecular formula is C14H20ClNO. The lowest BCUT2D eigenvalue weighted by Crippen LogP contribution is -2.21. The van der Waals surface area contributed by atoms with Gasteiger partial charge in [0.05, 0.1) is 12.7 Å². The third-order valence-corrected chi connectivity index (χ3v) is 3.39. The molecule has 1 aromatic rings. The van der Waals surface area contributed by atoms with Crippen LogP contribution in [-0.2, 0) is 11.3 Å². The molecule has 1 fully saturated rings. The van der Waals surface area contributed by atoms with Gasteiger partial charge in [-0.25, -0.2) is 0 Å². The fraction of sp³-hybridized carbons (Fsp3) is 0.571. The van der Waals surface area contributed by atoms with E-state index in [1.807, 2.05) is 18.2 Å². The van der Waals surface area contributed by atoms with Crippen molar-refractivity contribution in [1.29, 1.82) is 0 Å². The summed E-state index contributed by atoms with van der Waals surface area (Å²) in [5.74, 6) is 0. The second-order valence-electron chi connectivity index (χ2n) is 4.58. The van der Waals surface area contributed by atoms with Gasteiger partial charge in [0.25, 0.3) is 0 Å². The number of ether oxygens (including phenoxy) is 1. The van der Waals surface area contributed by atoms with E-state index >= 15 is 0 Å². The number of nitrogens with one attached hydrogen (secondary N) is 1. The van der Waals surface area contributed by atoms with Crippen LogP contribution >= 0.6 is 11.6 Å². The van der Waals surface area contributed by atoms with Gasteiger partial charge in [-0.15, -0.1) is 0 Å². The second-order valence-corrected chi connectivity index (χ2v) is 5.02. The third-order valence-electron chi connectivity index (χ3n) is 3.15. The Morgan fingerprint density at radius 2 is 2.12 bits per heavy atom. The molecule has 0 spiro atoms. The van der Waals surface area contributed by atoms with Crippen LogP contribution in [0.4, 0.5) is 0 Å². The van der Waals surface area contributed by atoms with Crippen molar-refractivity contribution in [2.24, 2.45) is 0 Å².